The van der Waals surface area contributed by atoms with Gasteiger partial charge in [0.2, 0.25) is 0 Å². The van der Waals surface area contributed by atoms with Crippen molar-refractivity contribution >= 4 is 10.8 Å². The fourth-order valence-corrected chi connectivity index (χ4v) is 3.16. The number of hydrogen-bond donors (Lipinski definition) is 0. The summed E-state index contributed by atoms with van der Waals surface area (Å²) in [6.45, 7) is 0.579. The van der Waals surface area contributed by atoms with Gasteiger partial charge in [-0.1, -0.05) is 48.5 Å². The molecule has 1 aromatic heterocycles. The van der Waals surface area contributed by atoms with Gasteiger partial charge in [0.1, 0.15) is 5.75 Å². The van der Waals surface area contributed by atoms with Crippen molar-refractivity contribution in [3.8, 4) is 16.9 Å². The Kier molecular flexibility index (Phi) is 4.28. The lowest BCUT2D eigenvalue weighted by Gasteiger charge is -2.09. The zero-order valence-corrected chi connectivity index (χ0v) is 14.6. The van der Waals surface area contributed by atoms with E-state index >= 15 is 0 Å². The first-order chi connectivity index (χ1) is 12.7. The summed E-state index contributed by atoms with van der Waals surface area (Å²) in [5.41, 5.74) is 3.33. The molecule has 0 saturated carbocycles. The van der Waals surface area contributed by atoms with E-state index in [4.69, 9.17) is 4.74 Å². The van der Waals surface area contributed by atoms with E-state index in [1.807, 2.05) is 79.0 Å². The Morgan fingerprint density at radius 2 is 1.58 bits per heavy atom. The van der Waals surface area contributed by atoms with Crippen LogP contribution < -0.4 is 10.3 Å². The lowest BCUT2D eigenvalue weighted by Crippen LogP contribution is -2.19. The number of pyridine rings is 1. The topological polar surface area (TPSA) is 31.2 Å². The largest absolute Gasteiger partial charge is 0.497 e. The molecule has 128 valence electrons. The maximum Gasteiger partial charge on any atom is 0.258 e. The second-order valence-electron chi connectivity index (χ2n) is 6.26. The first-order valence-corrected chi connectivity index (χ1v) is 8.56. The molecule has 0 aliphatic heterocycles. The summed E-state index contributed by atoms with van der Waals surface area (Å²) in [4.78, 5) is 12.8. The summed E-state index contributed by atoms with van der Waals surface area (Å²) in [5, 5.41) is 1.69. The van der Waals surface area contributed by atoms with Gasteiger partial charge in [-0.15, -0.1) is 0 Å². The fraction of sp³-hybridized carbons (Fsp3) is 0.0870. The summed E-state index contributed by atoms with van der Waals surface area (Å²) in [5.74, 6) is 0.832. The normalized spacial score (nSPS) is 10.8. The summed E-state index contributed by atoms with van der Waals surface area (Å²) in [6, 6.07) is 25.9. The van der Waals surface area contributed by atoms with Crippen LogP contribution in [0.5, 0.6) is 5.75 Å². The second kappa shape index (κ2) is 6.89. The average molecular weight is 341 g/mol. The van der Waals surface area contributed by atoms with Crippen molar-refractivity contribution in [2.24, 2.45) is 0 Å². The molecular weight excluding hydrogens is 322 g/mol. The Morgan fingerprint density at radius 1 is 0.846 bits per heavy atom. The van der Waals surface area contributed by atoms with Crippen LogP contribution in [0.3, 0.4) is 0 Å². The van der Waals surface area contributed by atoms with Crippen LogP contribution in [0, 0.1) is 0 Å². The first kappa shape index (κ1) is 16.2. The first-order valence-electron chi connectivity index (χ1n) is 8.56. The molecule has 0 aliphatic carbocycles. The molecule has 0 fully saturated rings. The highest BCUT2D eigenvalue weighted by atomic mass is 16.5. The van der Waals surface area contributed by atoms with Crippen molar-refractivity contribution in [2.45, 2.75) is 6.54 Å². The van der Waals surface area contributed by atoms with Crippen LogP contribution in [-0.4, -0.2) is 11.7 Å². The Labute approximate surface area is 152 Å². The zero-order valence-electron chi connectivity index (χ0n) is 14.6. The molecule has 0 spiro atoms. The van der Waals surface area contributed by atoms with E-state index in [0.717, 1.165) is 33.2 Å². The van der Waals surface area contributed by atoms with Gasteiger partial charge >= 0.3 is 0 Å². The van der Waals surface area contributed by atoms with Crippen LogP contribution in [0.4, 0.5) is 0 Å². The van der Waals surface area contributed by atoms with Crippen LogP contribution >= 0.6 is 0 Å². The molecule has 4 rings (SSSR count). The molecule has 3 heteroatoms. The van der Waals surface area contributed by atoms with E-state index in [9.17, 15) is 4.79 Å². The monoisotopic (exact) mass is 341 g/mol. The minimum absolute atomic E-state index is 0.0348. The van der Waals surface area contributed by atoms with Gasteiger partial charge in [0, 0.05) is 11.6 Å². The maximum atomic E-state index is 12.8. The average Bonchev–Trinajstić information content (AvgIpc) is 2.71. The van der Waals surface area contributed by atoms with E-state index in [-0.39, 0.29) is 5.56 Å². The summed E-state index contributed by atoms with van der Waals surface area (Å²) >= 11 is 0. The summed E-state index contributed by atoms with van der Waals surface area (Å²) < 4.78 is 6.96. The van der Waals surface area contributed by atoms with E-state index in [1.54, 1.807) is 11.7 Å². The van der Waals surface area contributed by atoms with Gasteiger partial charge < -0.3 is 9.30 Å². The molecule has 0 aliphatic rings. The van der Waals surface area contributed by atoms with Crippen LogP contribution in [-0.2, 0) is 6.54 Å². The number of aromatic nitrogens is 1. The third kappa shape index (κ3) is 3.11. The van der Waals surface area contributed by atoms with Crippen LogP contribution in [0.15, 0.2) is 89.9 Å². The van der Waals surface area contributed by atoms with Gasteiger partial charge in [0.05, 0.1) is 13.7 Å². The molecule has 4 aromatic rings. The number of methoxy groups -OCH3 is 1. The van der Waals surface area contributed by atoms with Crippen LogP contribution in [0.1, 0.15) is 5.56 Å². The van der Waals surface area contributed by atoms with Gasteiger partial charge in [-0.2, -0.15) is 0 Å². The van der Waals surface area contributed by atoms with Gasteiger partial charge in [-0.25, -0.2) is 0 Å². The van der Waals surface area contributed by atoms with Crippen molar-refractivity contribution in [1.82, 2.24) is 4.57 Å². The van der Waals surface area contributed by atoms with Crippen molar-refractivity contribution in [3.05, 3.63) is 101 Å². The lowest BCUT2D eigenvalue weighted by molar-refractivity contribution is 0.415. The quantitative estimate of drug-likeness (QED) is 0.537. The van der Waals surface area contributed by atoms with E-state index in [2.05, 4.69) is 6.07 Å². The van der Waals surface area contributed by atoms with E-state index in [1.165, 1.54) is 0 Å². The van der Waals surface area contributed by atoms with Crippen LogP contribution in [0.2, 0.25) is 0 Å². The minimum atomic E-state index is 0.0348. The third-order valence-electron chi connectivity index (χ3n) is 4.60. The van der Waals surface area contributed by atoms with Crippen molar-refractivity contribution in [2.75, 3.05) is 7.11 Å². The molecule has 0 atom stereocenters. The highest BCUT2D eigenvalue weighted by molar-refractivity contribution is 5.86. The number of rotatable bonds is 4. The second-order valence-corrected chi connectivity index (χ2v) is 6.26. The standard InChI is InChI=1S/C23H19NO2/c1-26-21-10-7-18(8-11-21)19-9-12-22-20(15-19)13-14-24(23(22)25)16-17-5-3-2-4-6-17/h2-15H,16H2,1H3. The molecule has 0 unspecified atom stereocenters. The van der Waals surface area contributed by atoms with E-state index in [0.29, 0.717) is 6.54 Å². The molecule has 0 bridgehead atoms. The molecule has 3 nitrogen and oxygen atoms in total. The third-order valence-corrected chi connectivity index (χ3v) is 4.60. The highest BCUT2D eigenvalue weighted by Gasteiger charge is 2.06. The summed E-state index contributed by atoms with van der Waals surface area (Å²) in [6.07, 6.45) is 1.87. The molecule has 0 amide bonds. The minimum Gasteiger partial charge on any atom is -0.497 e. The SMILES string of the molecule is COc1ccc(-c2ccc3c(=O)n(Cc4ccccc4)ccc3c2)cc1. The Bertz CT molecular complexity index is 1100. The number of ether oxygens (including phenoxy) is 1. The highest BCUT2D eigenvalue weighted by Crippen LogP contribution is 2.25. The summed E-state index contributed by atoms with van der Waals surface area (Å²) in [7, 11) is 1.66. The predicted molar refractivity (Wildman–Crippen MR) is 106 cm³/mol. The smallest absolute Gasteiger partial charge is 0.258 e. The Balaban J connectivity index is 1.71. The number of benzene rings is 3. The van der Waals surface area contributed by atoms with Gasteiger partial charge in [0.15, 0.2) is 0 Å². The number of nitrogens with zero attached hydrogens (tertiary/aromatic N) is 1. The van der Waals surface area contributed by atoms with Crippen molar-refractivity contribution in [1.29, 1.82) is 0 Å². The van der Waals surface area contributed by atoms with Crippen LogP contribution in [0.25, 0.3) is 21.9 Å². The van der Waals surface area contributed by atoms with Gasteiger partial charge in [0.25, 0.3) is 5.56 Å². The number of hydrogen-bond acceptors (Lipinski definition) is 2. The van der Waals surface area contributed by atoms with Crippen molar-refractivity contribution < 1.29 is 4.74 Å². The zero-order chi connectivity index (χ0) is 17.9. The molecule has 0 N–H and O–H groups in total. The molecular formula is C23H19NO2. The molecule has 1 heterocycles. The fourth-order valence-electron chi connectivity index (χ4n) is 3.16. The molecule has 3 aromatic carbocycles. The Morgan fingerprint density at radius 3 is 2.31 bits per heavy atom. The molecule has 26 heavy (non-hydrogen) atoms. The maximum absolute atomic E-state index is 12.8. The van der Waals surface area contributed by atoms with E-state index < -0.39 is 0 Å². The lowest BCUT2D eigenvalue weighted by atomic mass is 10.0. The predicted octanol–water partition coefficient (Wildman–Crippen LogP) is 4.73. The van der Waals surface area contributed by atoms with Gasteiger partial charge in [-0.05, 0) is 52.4 Å². The van der Waals surface area contributed by atoms with Crippen molar-refractivity contribution in [3.63, 3.8) is 0 Å². The number of fused-ring (bicyclic) bond motifs is 1. The van der Waals surface area contributed by atoms with Gasteiger partial charge in [-0.3, -0.25) is 4.79 Å². The molecule has 0 radical (unpaired) electrons. The Hall–Kier alpha value is -3.33. The molecule has 0 saturated heterocycles.